The van der Waals surface area contributed by atoms with Crippen molar-refractivity contribution in [1.29, 1.82) is 0 Å². The molecule has 10 aromatic rings. The van der Waals surface area contributed by atoms with E-state index < -0.39 is 0 Å². The van der Waals surface area contributed by atoms with Crippen molar-refractivity contribution in [3.63, 3.8) is 0 Å². The van der Waals surface area contributed by atoms with E-state index >= 15 is 0 Å². The summed E-state index contributed by atoms with van der Waals surface area (Å²) >= 11 is 0. The van der Waals surface area contributed by atoms with Crippen LogP contribution in [0.2, 0.25) is 0 Å². The summed E-state index contributed by atoms with van der Waals surface area (Å²) in [6, 6.07) is 67.2. The summed E-state index contributed by atoms with van der Waals surface area (Å²) in [7, 11) is 0. The molecule has 0 aliphatic rings. The van der Waals surface area contributed by atoms with Crippen molar-refractivity contribution in [3.05, 3.63) is 213 Å². The molecule has 0 fully saturated rings. The van der Waals surface area contributed by atoms with Crippen LogP contribution in [0, 0.1) is 0 Å². The average molecular weight is 770 g/mol. The van der Waals surface area contributed by atoms with Gasteiger partial charge in [-0.2, -0.15) is 0 Å². The molecular weight excluding hydrogens is 735 g/mol. The second-order valence-electron chi connectivity index (χ2n) is 14.2. The van der Waals surface area contributed by atoms with Crippen molar-refractivity contribution in [2.24, 2.45) is 0 Å². The summed E-state index contributed by atoms with van der Waals surface area (Å²) < 4.78 is 0. The number of nitrogens with zero attached hydrogens (tertiary/aromatic N) is 7. The van der Waals surface area contributed by atoms with Crippen LogP contribution in [-0.4, -0.2) is 34.9 Å². The van der Waals surface area contributed by atoms with Crippen molar-refractivity contribution in [1.82, 2.24) is 34.9 Å². The Bertz CT molecular complexity index is 2730. The predicted octanol–water partition coefficient (Wildman–Crippen LogP) is 12.5. The summed E-state index contributed by atoms with van der Waals surface area (Å²) in [4.78, 5) is 34.6. The minimum absolute atomic E-state index is 0.657. The van der Waals surface area contributed by atoms with E-state index in [0.29, 0.717) is 11.6 Å². The molecule has 0 unspecified atom stereocenters. The van der Waals surface area contributed by atoms with E-state index in [1.165, 1.54) is 0 Å². The number of hydrogen-bond donors (Lipinski definition) is 0. The topological polar surface area (TPSA) is 90.2 Å². The Kier molecular flexibility index (Phi) is 9.79. The molecule has 0 N–H and O–H groups in total. The molecule has 5 heterocycles. The van der Waals surface area contributed by atoms with Gasteiger partial charge in [-0.3, -0.25) is 9.97 Å². The third-order valence-corrected chi connectivity index (χ3v) is 10.2. The summed E-state index contributed by atoms with van der Waals surface area (Å²) in [5, 5.41) is 0. The molecule has 5 aromatic heterocycles. The van der Waals surface area contributed by atoms with Crippen LogP contribution in [0.5, 0.6) is 0 Å². The fourth-order valence-electron chi connectivity index (χ4n) is 7.14. The fourth-order valence-corrected chi connectivity index (χ4v) is 7.14. The molecule has 5 aromatic carbocycles. The highest BCUT2D eigenvalue weighted by Crippen LogP contribution is 2.33. The van der Waals surface area contributed by atoms with Gasteiger partial charge in [0.15, 0.2) is 11.6 Å². The van der Waals surface area contributed by atoms with Crippen molar-refractivity contribution in [3.8, 4) is 102 Å². The molecule has 0 saturated heterocycles. The van der Waals surface area contributed by atoms with Crippen molar-refractivity contribution in [2.75, 3.05) is 0 Å². The quantitative estimate of drug-likeness (QED) is 0.144. The van der Waals surface area contributed by atoms with E-state index in [0.717, 1.165) is 90.1 Å². The number of rotatable bonds is 9. The minimum atomic E-state index is 0.657. The molecule has 0 atom stereocenters. The van der Waals surface area contributed by atoms with Gasteiger partial charge in [-0.05, 0) is 59.7 Å². The first-order valence-corrected chi connectivity index (χ1v) is 19.7. The summed E-state index contributed by atoms with van der Waals surface area (Å²) in [6.45, 7) is 0. The van der Waals surface area contributed by atoms with Gasteiger partial charge in [0, 0.05) is 45.8 Å². The second-order valence-corrected chi connectivity index (χ2v) is 14.2. The molecule has 0 radical (unpaired) electrons. The van der Waals surface area contributed by atoms with E-state index in [2.05, 4.69) is 71.7 Å². The maximum absolute atomic E-state index is 5.08. The molecule has 0 spiro atoms. The molecule has 60 heavy (non-hydrogen) atoms. The molecule has 0 aliphatic carbocycles. The molecule has 282 valence electrons. The van der Waals surface area contributed by atoms with Crippen LogP contribution in [0.25, 0.3) is 102 Å². The van der Waals surface area contributed by atoms with Crippen LogP contribution in [0.4, 0.5) is 0 Å². The Hall–Kier alpha value is -8.29. The van der Waals surface area contributed by atoms with Crippen LogP contribution in [-0.2, 0) is 0 Å². The van der Waals surface area contributed by atoms with Gasteiger partial charge in [0.25, 0.3) is 0 Å². The highest BCUT2D eigenvalue weighted by Gasteiger charge is 2.15. The Morgan fingerprint density at radius 1 is 0.217 bits per heavy atom. The van der Waals surface area contributed by atoms with Gasteiger partial charge in [0.05, 0.1) is 45.6 Å². The van der Waals surface area contributed by atoms with Gasteiger partial charge < -0.3 is 0 Å². The SMILES string of the molecule is c1ccc(-c2cc(-c3ccc(-c4cc(-c5ccccn5)nc(-c5ccc(-c6cc(-c7ccccc7)nc(-c7ccccc7)n6)cn5)c4)cc3)nc(-c3ccccc3)n2)cc1. The molecule has 7 nitrogen and oxygen atoms in total. The third kappa shape index (κ3) is 7.71. The molecule has 7 heteroatoms. The zero-order chi connectivity index (χ0) is 40.1. The fraction of sp³-hybridized carbons (Fsp3) is 0. The first-order valence-electron chi connectivity index (χ1n) is 19.7. The molecule has 0 amide bonds. The average Bonchev–Trinajstić information content (AvgIpc) is 3.35. The Labute approximate surface area is 347 Å². The molecule has 10 rings (SSSR count). The number of aromatic nitrogens is 7. The maximum atomic E-state index is 5.08. The predicted molar refractivity (Wildman–Crippen MR) is 240 cm³/mol. The smallest absolute Gasteiger partial charge is 0.160 e. The van der Waals surface area contributed by atoms with Crippen molar-refractivity contribution >= 4 is 0 Å². The van der Waals surface area contributed by atoms with E-state index in [1.54, 1.807) is 6.20 Å². The summed E-state index contributed by atoms with van der Waals surface area (Å²) in [5.41, 5.74) is 14.2. The maximum Gasteiger partial charge on any atom is 0.160 e. The van der Waals surface area contributed by atoms with Crippen molar-refractivity contribution in [2.45, 2.75) is 0 Å². The van der Waals surface area contributed by atoms with Crippen LogP contribution >= 0.6 is 0 Å². The van der Waals surface area contributed by atoms with Crippen molar-refractivity contribution < 1.29 is 0 Å². The molecule has 0 aliphatic heterocycles. The minimum Gasteiger partial charge on any atom is -0.255 e. The van der Waals surface area contributed by atoms with E-state index in [-0.39, 0.29) is 0 Å². The molecule has 0 bridgehead atoms. The standard InChI is InChI=1S/C53H35N7/c1-5-15-37(16-6-1)46-33-48(59-52(57-46)40-19-9-3-10-20-40)39-26-24-36(25-27-39)43-31-50(44-23-13-14-30-54-44)56-51(32-43)45-29-28-42(35-55-45)49-34-47(38-17-7-2-8-18-38)58-53(60-49)41-21-11-4-12-22-41/h1-35H. The highest BCUT2D eigenvalue weighted by molar-refractivity contribution is 5.79. The second kappa shape index (κ2) is 16.3. The lowest BCUT2D eigenvalue weighted by molar-refractivity contribution is 1.17. The number of hydrogen-bond acceptors (Lipinski definition) is 7. The van der Waals surface area contributed by atoms with E-state index in [9.17, 15) is 0 Å². The summed E-state index contributed by atoms with van der Waals surface area (Å²) in [6.07, 6.45) is 3.65. The zero-order valence-electron chi connectivity index (χ0n) is 32.3. The van der Waals surface area contributed by atoms with Crippen LogP contribution in [0.15, 0.2) is 213 Å². The van der Waals surface area contributed by atoms with E-state index in [1.807, 2.05) is 140 Å². The Morgan fingerprint density at radius 3 is 1.07 bits per heavy atom. The van der Waals surface area contributed by atoms with Gasteiger partial charge in [0.2, 0.25) is 0 Å². The first kappa shape index (κ1) is 36.1. The Balaban J connectivity index is 1.01. The zero-order valence-corrected chi connectivity index (χ0v) is 32.3. The molecular formula is C53H35N7. The van der Waals surface area contributed by atoms with Gasteiger partial charge in [-0.25, -0.2) is 24.9 Å². The van der Waals surface area contributed by atoms with E-state index in [4.69, 9.17) is 29.9 Å². The van der Waals surface area contributed by atoms with Crippen LogP contribution < -0.4 is 0 Å². The lowest BCUT2D eigenvalue weighted by atomic mass is 9.99. The first-order chi connectivity index (χ1) is 29.7. The monoisotopic (exact) mass is 769 g/mol. The largest absolute Gasteiger partial charge is 0.255 e. The molecule has 0 saturated carbocycles. The van der Waals surface area contributed by atoms with Gasteiger partial charge in [-0.15, -0.1) is 0 Å². The third-order valence-electron chi connectivity index (χ3n) is 10.2. The van der Waals surface area contributed by atoms with Gasteiger partial charge in [-0.1, -0.05) is 152 Å². The Morgan fingerprint density at radius 2 is 0.617 bits per heavy atom. The number of benzene rings is 5. The number of pyridine rings is 3. The highest BCUT2D eigenvalue weighted by atomic mass is 14.9. The van der Waals surface area contributed by atoms with Gasteiger partial charge in [0.1, 0.15) is 0 Å². The van der Waals surface area contributed by atoms with Crippen LogP contribution in [0.3, 0.4) is 0 Å². The normalized spacial score (nSPS) is 11.0. The summed E-state index contributed by atoms with van der Waals surface area (Å²) in [5.74, 6) is 1.34. The van der Waals surface area contributed by atoms with Crippen LogP contribution in [0.1, 0.15) is 0 Å². The van der Waals surface area contributed by atoms with Gasteiger partial charge >= 0.3 is 0 Å². The lowest BCUT2D eigenvalue weighted by Gasteiger charge is -2.12. The lowest BCUT2D eigenvalue weighted by Crippen LogP contribution is -1.97.